The van der Waals surface area contributed by atoms with Gasteiger partial charge < -0.3 is 20.3 Å². The van der Waals surface area contributed by atoms with Gasteiger partial charge >= 0.3 is 5.97 Å². The van der Waals surface area contributed by atoms with Crippen molar-refractivity contribution >= 4 is 5.97 Å². The average Bonchev–Trinajstić information content (AvgIpc) is 3.07. The van der Waals surface area contributed by atoms with Gasteiger partial charge in [0.05, 0.1) is 19.8 Å². The lowest BCUT2D eigenvalue weighted by Gasteiger charge is -2.15. The van der Waals surface area contributed by atoms with Crippen LogP contribution in [0.5, 0.6) is 11.5 Å². The highest BCUT2D eigenvalue weighted by atomic mass is 16.5. The highest BCUT2D eigenvalue weighted by molar-refractivity contribution is 5.90. The topological polar surface area (TPSA) is 81.8 Å². The number of ether oxygens (including phenoxy) is 2. The van der Waals surface area contributed by atoms with Gasteiger partial charge in [0.1, 0.15) is 0 Å². The summed E-state index contributed by atoms with van der Waals surface area (Å²) in [7, 11) is 2.73. The maximum absolute atomic E-state index is 11.5. The number of phenolic OH excluding ortho intramolecular Hbond substituents is 1. The quantitative estimate of drug-likeness (QED) is 0.770. The monoisotopic (exact) mass is 237 g/mol. The predicted molar refractivity (Wildman–Crippen MR) is 61.1 cm³/mol. The molecule has 0 amide bonds. The Morgan fingerprint density at radius 1 is 1.41 bits per heavy atom. The summed E-state index contributed by atoms with van der Waals surface area (Å²) < 4.78 is 9.68. The average molecular weight is 237 g/mol. The van der Waals surface area contributed by atoms with Crippen LogP contribution in [0, 0.1) is 0 Å². The van der Waals surface area contributed by atoms with E-state index in [9.17, 15) is 9.90 Å². The Hall–Kier alpha value is -1.75. The van der Waals surface area contributed by atoms with Crippen molar-refractivity contribution in [2.75, 3.05) is 14.2 Å². The first-order valence-electron chi connectivity index (χ1n) is 5.30. The molecule has 1 aromatic carbocycles. The normalized spacial score (nSPS) is 16.4. The van der Waals surface area contributed by atoms with Crippen molar-refractivity contribution in [1.29, 1.82) is 0 Å². The largest absolute Gasteiger partial charge is 0.504 e. The fraction of sp³-hybridized carbons (Fsp3) is 0.417. The molecule has 3 N–H and O–H groups in total. The molecule has 0 unspecified atom stereocenters. The fourth-order valence-electron chi connectivity index (χ4n) is 1.78. The van der Waals surface area contributed by atoms with E-state index in [4.69, 9.17) is 10.5 Å². The molecule has 17 heavy (non-hydrogen) atoms. The van der Waals surface area contributed by atoms with Crippen LogP contribution in [-0.2, 0) is 10.3 Å². The number of carbonyl (C=O) groups excluding carboxylic acids is 1. The molecule has 0 saturated heterocycles. The molecule has 92 valence electrons. The molecule has 0 heterocycles. The van der Waals surface area contributed by atoms with E-state index in [1.54, 1.807) is 6.07 Å². The zero-order valence-corrected chi connectivity index (χ0v) is 9.82. The molecule has 0 aliphatic heterocycles. The predicted octanol–water partition coefficient (Wildman–Crippen LogP) is 1.14. The van der Waals surface area contributed by atoms with Gasteiger partial charge in [-0.2, -0.15) is 0 Å². The minimum absolute atomic E-state index is 0.000142. The zero-order chi connectivity index (χ0) is 12.6. The van der Waals surface area contributed by atoms with Crippen molar-refractivity contribution in [2.24, 2.45) is 5.73 Å². The Morgan fingerprint density at radius 3 is 2.53 bits per heavy atom. The van der Waals surface area contributed by atoms with Crippen LogP contribution < -0.4 is 10.5 Å². The minimum atomic E-state index is -0.540. The minimum Gasteiger partial charge on any atom is -0.504 e. The molecule has 1 fully saturated rings. The first-order chi connectivity index (χ1) is 8.01. The molecular formula is C12H15NO4. The van der Waals surface area contributed by atoms with E-state index >= 15 is 0 Å². The number of carbonyl (C=O) groups is 1. The van der Waals surface area contributed by atoms with Gasteiger partial charge in [0, 0.05) is 11.1 Å². The Bertz CT molecular complexity index is 466. The van der Waals surface area contributed by atoms with E-state index in [0.717, 1.165) is 12.8 Å². The number of rotatable bonds is 3. The Kier molecular flexibility index (Phi) is 2.71. The highest BCUT2D eigenvalue weighted by Gasteiger charge is 2.43. The fourth-order valence-corrected chi connectivity index (χ4v) is 1.78. The van der Waals surface area contributed by atoms with Crippen LogP contribution in [0.3, 0.4) is 0 Å². The van der Waals surface area contributed by atoms with Crippen LogP contribution in [0.25, 0.3) is 0 Å². The number of hydrogen-bond acceptors (Lipinski definition) is 5. The van der Waals surface area contributed by atoms with E-state index in [2.05, 4.69) is 4.74 Å². The SMILES string of the molecule is COC(=O)c1cc(OC)c(O)c(C2(N)CC2)c1. The molecule has 0 atom stereocenters. The second-order valence-corrected chi connectivity index (χ2v) is 4.22. The number of hydrogen-bond donors (Lipinski definition) is 2. The Labute approximate surface area is 99.1 Å². The highest BCUT2D eigenvalue weighted by Crippen LogP contribution is 2.49. The lowest BCUT2D eigenvalue weighted by molar-refractivity contribution is 0.0600. The molecule has 1 aliphatic rings. The number of methoxy groups -OCH3 is 2. The Morgan fingerprint density at radius 2 is 2.06 bits per heavy atom. The summed E-state index contributed by atoms with van der Waals surface area (Å²) >= 11 is 0. The summed E-state index contributed by atoms with van der Waals surface area (Å²) in [4.78, 5) is 11.5. The molecule has 2 rings (SSSR count). The van der Waals surface area contributed by atoms with E-state index in [1.807, 2.05) is 0 Å². The van der Waals surface area contributed by atoms with Gasteiger partial charge in [-0.05, 0) is 25.0 Å². The van der Waals surface area contributed by atoms with Crippen LogP contribution in [0.4, 0.5) is 0 Å². The summed E-state index contributed by atoms with van der Waals surface area (Å²) in [5, 5.41) is 9.99. The van der Waals surface area contributed by atoms with Gasteiger partial charge in [-0.15, -0.1) is 0 Å². The maximum Gasteiger partial charge on any atom is 0.337 e. The lowest BCUT2D eigenvalue weighted by atomic mass is 10.0. The second kappa shape index (κ2) is 3.92. The lowest BCUT2D eigenvalue weighted by Crippen LogP contribution is -2.20. The zero-order valence-electron chi connectivity index (χ0n) is 9.82. The van der Waals surface area contributed by atoms with Crippen LogP contribution >= 0.6 is 0 Å². The van der Waals surface area contributed by atoms with Crippen molar-refractivity contribution in [3.8, 4) is 11.5 Å². The number of benzene rings is 1. The number of aromatic hydroxyl groups is 1. The molecular weight excluding hydrogens is 222 g/mol. The number of nitrogens with two attached hydrogens (primary N) is 1. The van der Waals surface area contributed by atoms with Crippen molar-refractivity contribution < 1.29 is 19.4 Å². The van der Waals surface area contributed by atoms with Crippen LogP contribution in [-0.4, -0.2) is 25.3 Å². The van der Waals surface area contributed by atoms with Crippen LogP contribution in [0.15, 0.2) is 12.1 Å². The summed E-state index contributed by atoms with van der Waals surface area (Å²) in [6.45, 7) is 0. The van der Waals surface area contributed by atoms with Crippen LogP contribution in [0.1, 0.15) is 28.8 Å². The van der Waals surface area contributed by atoms with E-state index in [0.29, 0.717) is 11.1 Å². The van der Waals surface area contributed by atoms with Gasteiger partial charge in [0.15, 0.2) is 11.5 Å². The standard InChI is InChI=1S/C12H15NO4/c1-16-9-6-7(11(15)17-2)5-8(10(9)14)12(13)3-4-12/h5-6,14H,3-4,13H2,1-2H3. The number of phenols is 1. The van der Waals surface area contributed by atoms with Gasteiger partial charge in [0.25, 0.3) is 0 Å². The van der Waals surface area contributed by atoms with Gasteiger partial charge in [0.2, 0.25) is 0 Å². The third-order valence-corrected chi connectivity index (χ3v) is 3.04. The molecule has 1 saturated carbocycles. The number of esters is 1. The first-order valence-corrected chi connectivity index (χ1v) is 5.30. The van der Waals surface area contributed by atoms with Crippen LogP contribution in [0.2, 0.25) is 0 Å². The summed E-state index contributed by atoms with van der Waals surface area (Å²) in [5.41, 5.74) is 6.36. The first kappa shape index (κ1) is 11.7. The molecule has 0 aromatic heterocycles. The molecule has 5 heteroatoms. The third kappa shape index (κ3) is 1.93. The molecule has 1 aliphatic carbocycles. The van der Waals surface area contributed by atoms with Crippen molar-refractivity contribution in [3.05, 3.63) is 23.3 Å². The van der Waals surface area contributed by atoms with Crippen molar-refractivity contribution in [2.45, 2.75) is 18.4 Å². The third-order valence-electron chi connectivity index (χ3n) is 3.04. The van der Waals surface area contributed by atoms with E-state index in [1.165, 1.54) is 20.3 Å². The van der Waals surface area contributed by atoms with Gasteiger partial charge in [-0.3, -0.25) is 0 Å². The van der Waals surface area contributed by atoms with Crippen molar-refractivity contribution in [1.82, 2.24) is 0 Å². The second-order valence-electron chi connectivity index (χ2n) is 4.22. The Balaban J connectivity index is 2.54. The van der Waals surface area contributed by atoms with E-state index < -0.39 is 11.5 Å². The molecule has 1 aromatic rings. The van der Waals surface area contributed by atoms with Crippen molar-refractivity contribution in [3.63, 3.8) is 0 Å². The summed E-state index contributed by atoms with van der Waals surface area (Å²) in [6, 6.07) is 3.01. The molecule has 0 bridgehead atoms. The molecule has 0 radical (unpaired) electrons. The van der Waals surface area contributed by atoms with E-state index in [-0.39, 0.29) is 11.5 Å². The smallest absolute Gasteiger partial charge is 0.337 e. The van der Waals surface area contributed by atoms with Gasteiger partial charge in [-0.25, -0.2) is 4.79 Å². The summed E-state index contributed by atoms with van der Waals surface area (Å²) in [6.07, 6.45) is 1.57. The summed E-state index contributed by atoms with van der Waals surface area (Å²) in [5.74, 6) is -0.242. The molecule has 0 spiro atoms. The maximum atomic E-state index is 11.5. The van der Waals surface area contributed by atoms with Gasteiger partial charge in [-0.1, -0.05) is 0 Å². The molecule has 5 nitrogen and oxygen atoms in total.